The average Bonchev–Trinajstić information content (AvgIpc) is 3.17. The van der Waals surface area contributed by atoms with Crippen LogP contribution in [0.15, 0.2) is 71.5 Å². The molecule has 3 rings (SSSR count). The number of ether oxygens (including phenoxy) is 3. The number of methoxy groups -OCH3 is 2. The van der Waals surface area contributed by atoms with Crippen molar-refractivity contribution in [2.75, 3.05) is 20.8 Å². The molecule has 0 saturated heterocycles. The molecule has 0 radical (unpaired) electrons. The lowest BCUT2D eigenvalue weighted by atomic mass is 10.0. The maximum atomic E-state index is 13.4. The maximum absolute atomic E-state index is 13.4. The Morgan fingerprint density at radius 1 is 1.09 bits per heavy atom. The first-order valence-electron chi connectivity index (χ1n) is 10.2. The highest BCUT2D eigenvalue weighted by Crippen LogP contribution is 2.34. The Kier molecular flexibility index (Phi) is 7.37. The Morgan fingerprint density at radius 2 is 1.78 bits per heavy atom. The Labute approximate surface area is 188 Å². The predicted octanol–water partition coefficient (Wildman–Crippen LogP) is 4.36. The minimum Gasteiger partial charge on any atom is -0.501 e. The van der Waals surface area contributed by atoms with E-state index in [0.717, 1.165) is 10.9 Å². The number of esters is 1. The summed E-state index contributed by atoms with van der Waals surface area (Å²) in [6.45, 7) is 3.88. The first-order valence-corrected chi connectivity index (χ1v) is 11.6. The molecule has 0 aliphatic carbocycles. The average molecular weight is 458 g/mol. The van der Waals surface area contributed by atoms with E-state index >= 15 is 0 Å². The number of aromatic nitrogens is 1. The van der Waals surface area contributed by atoms with Crippen molar-refractivity contribution in [1.29, 1.82) is 0 Å². The van der Waals surface area contributed by atoms with Crippen LogP contribution in [-0.2, 0) is 29.0 Å². The Balaban J connectivity index is 2.07. The number of benzene rings is 2. The lowest BCUT2D eigenvalue weighted by Crippen LogP contribution is -2.12. The predicted molar refractivity (Wildman–Crippen MR) is 122 cm³/mol. The number of carbonyl (C=O) groups excluding carboxylic acids is 1. The Hall–Kier alpha value is -3.10. The second-order valence-corrected chi connectivity index (χ2v) is 9.03. The molecule has 0 aliphatic heterocycles. The molecule has 0 fully saturated rings. The van der Waals surface area contributed by atoms with Crippen molar-refractivity contribution in [1.82, 2.24) is 3.97 Å². The molecule has 3 aromatic rings. The fourth-order valence-electron chi connectivity index (χ4n) is 3.47. The van der Waals surface area contributed by atoms with Crippen LogP contribution in [0.3, 0.4) is 0 Å². The first-order chi connectivity index (χ1) is 15.3. The van der Waals surface area contributed by atoms with Crippen molar-refractivity contribution in [3.8, 4) is 0 Å². The second kappa shape index (κ2) is 10.0. The van der Waals surface area contributed by atoms with Crippen LogP contribution in [0.1, 0.15) is 30.6 Å². The molecular weight excluding hydrogens is 430 g/mol. The zero-order valence-electron chi connectivity index (χ0n) is 18.6. The molecule has 1 aromatic heterocycles. The van der Waals surface area contributed by atoms with Crippen molar-refractivity contribution in [3.63, 3.8) is 0 Å². The van der Waals surface area contributed by atoms with Gasteiger partial charge in [0.2, 0.25) is 0 Å². The van der Waals surface area contributed by atoms with Gasteiger partial charge in [-0.15, -0.1) is 0 Å². The number of rotatable bonds is 9. The molecule has 0 aliphatic rings. The number of aryl methyl sites for hydroxylation is 1. The van der Waals surface area contributed by atoms with Crippen LogP contribution in [0.2, 0.25) is 0 Å². The molecule has 1 unspecified atom stereocenters. The Morgan fingerprint density at radius 3 is 2.41 bits per heavy atom. The Bertz CT molecular complexity index is 1230. The minimum atomic E-state index is -3.82. The normalized spacial score (nSPS) is 13.2. The van der Waals surface area contributed by atoms with E-state index in [4.69, 9.17) is 14.2 Å². The highest BCUT2D eigenvalue weighted by atomic mass is 32.2. The lowest BCUT2D eigenvalue weighted by molar-refractivity contribution is -0.137. The zero-order chi connectivity index (χ0) is 23.3. The summed E-state index contributed by atoms with van der Waals surface area (Å²) < 4.78 is 44.1. The third kappa shape index (κ3) is 4.87. The van der Waals surface area contributed by atoms with Crippen LogP contribution >= 0.6 is 0 Å². The summed E-state index contributed by atoms with van der Waals surface area (Å²) in [5, 5.41) is 0.738. The van der Waals surface area contributed by atoms with Crippen LogP contribution in [0.5, 0.6) is 0 Å². The van der Waals surface area contributed by atoms with E-state index in [0.29, 0.717) is 16.8 Å². The molecule has 2 aromatic carbocycles. The van der Waals surface area contributed by atoms with E-state index in [9.17, 15) is 13.2 Å². The number of nitrogens with zero attached hydrogens (tertiary/aromatic N) is 1. The van der Waals surface area contributed by atoms with E-state index in [1.807, 2.05) is 19.1 Å². The molecule has 1 atom stereocenters. The fraction of sp³-hybridized carbons (Fsp3) is 0.292. The molecule has 0 spiro atoms. The monoisotopic (exact) mass is 457 g/mol. The minimum absolute atomic E-state index is 0.198. The van der Waals surface area contributed by atoms with Crippen molar-refractivity contribution >= 4 is 26.9 Å². The summed E-state index contributed by atoms with van der Waals surface area (Å²) in [4.78, 5) is 12.0. The van der Waals surface area contributed by atoms with Gasteiger partial charge in [0.1, 0.15) is 5.76 Å². The van der Waals surface area contributed by atoms with E-state index in [-0.39, 0.29) is 17.9 Å². The van der Waals surface area contributed by atoms with Crippen LogP contribution in [0.4, 0.5) is 0 Å². The second-order valence-electron chi connectivity index (χ2n) is 7.21. The smallest absolute Gasteiger partial charge is 0.334 e. The molecule has 170 valence electrons. The first kappa shape index (κ1) is 23.6. The number of hydrogen-bond acceptors (Lipinski definition) is 6. The highest BCUT2D eigenvalue weighted by Gasteiger charge is 2.25. The van der Waals surface area contributed by atoms with Crippen molar-refractivity contribution in [3.05, 3.63) is 77.7 Å². The number of carbonyl (C=O) groups is 1. The lowest BCUT2D eigenvalue weighted by Gasteiger charge is -2.16. The van der Waals surface area contributed by atoms with Crippen molar-refractivity contribution in [2.45, 2.75) is 31.3 Å². The highest BCUT2D eigenvalue weighted by molar-refractivity contribution is 7.90. The van der Waals surface area contributed by atoms with Gasteiger partial charge in [-0.3, -0.25) is 0 Å². The van der Waals surface area contributed by atoms with Gasteiger partial charge in [0.25, 0.3) is 10.0 Å². The molecule has 0 bridgehead atoms. The molecule has 0 N–H and O–H groups in total. The van der Waals surface area contributed by atoms with Gasteiger partial charge in [-0.05, 0) is 32.0 Å². The van der Waals surface area contributed by atoms with Gasteiger partial charge >= 0.3 is 5.97 Å². The topological polar surface area (TPSA) is 83.8 Å². The van der Waals surface area contributed by atoms with Crippen LogP contribution in [0, 0.1) is 6.92 Å². The summed E-state index contributed by atoms with van der Waals surface area (Å²) in [6, 6.07) is 14.0. The van der Waals surface area contributed by atoms with Gasteiger partial charge in [-0.2, -0.15) is 0 Å². The molecular formula is C24H27NO6S. The summed E-state index contributed by atoms with van der Waals surface area (Å²) in [5.41, 5.74) is 2.19. The molecule has 32 heavy (non-hydrogen) atoms. The zero-order valence-corrected chi connectivity index (χ0v) is 19.4. The van der Waals surface area contributed by atoms with Gasteiger partial charge in [0, 0.05) is 30.7 Å². The van der Waals surface area contributed by atoms with Gasteiger partial charge in [-0.25, -0.2) is 17.2 Å². The molecule has 0 saturated carbocycles. The molecule has 0 amide bonds. The van der Waals surface area contributed by atoms with Crippen LogP contribution in [0.25, 0.3) is 10.9 Å². The number of para-hydroxylation sites is 1. The SMILES string of the molecule is CCOC(=O)/C=C(\CC(OC)c1cn(S(=O)(=O)c2ccc(C)cc2)c2ccccc12)OC. The van der Waals surface area contributed by atoms with Crippen molar-refractivity contribution in [2.24, 2.45) is 0 Å². The van der Waals surface area contributed by atoms with Crippen molar-refractivity contribution < 1.29 is 27.4 Å². The number of hydrogen-bond donors (Lipinski definition) is 0. The molecule has 1 heterocycles. The molecule has 7 nitrogen and oxygen atoms in total. The standard InChI is InChI=1S/C24H27NO6S/c1-5-31-24(26)15-18(29-3)14-23(30-4)21-16-25(22-9-7-6-8-20(21)22)32(27,28)19-12-10-17(2)11-13-19/h6-13,15-16,23H,5,14H2,1-4H3/b18-15+. The summed E-state index contributed by atoms with van der Waals surface area (Å²) >= 11 is 0. The van der Waals surface area contributed by atoms with Gasteiger partial charge in [0.15, 0.2) is 0 Å². The quantitative estimate of drug-likeness (QED) is 0.270. The summed E-state index contributed by atoms with van der Waals surface area (Å²) in [7, 11) is -0.831. The summed E-state index contributed by atoms with van der Waals surface area (Å²) in [6.07, 6.45) is 2.53. The van der Waals surface area contributed by atoms with Gasteiger partial charge < -0.3 is 14.2 Å². The van der Waals surface area contributed by atoms with Gasteiger partial charge in [0.05, 0.1) is 36.3 Å². The fourth-order valence-corrected chi connectivity index (χ4v) is 4.85. The van der Waals surface area contributed by atoms with Gasteiger partial charge in [-0.1, -0.05) is 35.9 Å². The van der Waals surface area contributed by atoms with E-state index in [1.54, 1.807) is 49.5 Å². The van der Waals surface area contributed by atoms with E-state index < -0.39 is 22.1 Å². The van der Waals surface area contributed by atoms with Crippen LogP contribution < -0.4 is 0 Å². The number of fused-ring (bicyclic) bond motifs is 1. The van der Waals surface area contributed by atoms with Crippen LogP contribution in [-0.4, -0.2) is 39.2 Å². The third-order valence-electron chi connectivity index (χ3n) is 5.13. The van der Waals surface area contributed by atoms with E-state index in [1.165, 1.54) is 24.3 Å². The third-order valence-corrected chi connectivity index (χ3v) is 6.82. The summed E-state index contributed by atoms with van der Waals surface area (Å²) in [5.74, 6) is -0.142. The maximum Gasteiger partial charge on any atom is 0.334 e. The van der Waals surface area contributed by atoms with E-state index in [2.05, 4.69) is 0 Å². The molecule has 8 heteroatoms. The largest absolute Gasteiger partial charge is 0.501 e.